The Morgan fingerprint density at radius 2 is 1.89 bits per heavy atom. The summed E-state index contributed by atoms with van der Waals surface area (Å²) in [7, 11) is -1.08. The minimum atomic E-state index is -4.00. The van der Waals surface area contributed by atoms with Crippen LogP contribution in [0.25, 0.3) is 22.0 Å². The average molecular weight is 556 g/mol. The van der Waals surface area contributed by atoms with Crippen molar-refractivity contribution in [1.82, 2.24) is 19.9 Å². The lowest BCUT2D eigenvalue weighted by Gasteiger charge is -2.14. The van der Waals surface area contributed by atoms with Gasteiger partial charge >= 0.3 is 0 Å². The van der Waals surface area contributed by atoms with E-state index in [2.05, 4.69) is 20.0 Å². The number of anilines is 1. The van der Waals surface area contributed by atoms with E-state index in [1.807, 2.05) is 0 Å². The number of amides is 1. The molecule has 0 aliphatic rings. The molecular weight excluding hydrogens is 530 g/mol. The lowest BCUT2D eigenvalue weighted by Crippen LogP contribution is -2.32. The van der Waals surface area contributed by atoms with Crippen LogP contribution < -0.4 is 20.3 Å². The molecule has 1 atom stereocenters. The van der Waals surface area contributed by atoms with E-state index in [0.717, 1.165) is 5.56 Å². The quantitative estimate of drug-likeness (QED) is 0.339. The molecule has 4 rings (SSSR count). The Morgan fingerprint density at radius 1 is 1.13 bits per heavy atom. The summed E-state index contributed by atoms with van der Waals surface area (Å²) >= 11 is 6.13. The topological polar surface area (TPSA) is 132 Å². The molecule has 0 unspecified atom stereocenters. The van der Waals surface area contributed by atoms with E-state index in [9.17, 15) is 18.0 Å². The van der Waals surface area contributed by atoms with Crippen LogP contribution in [0.4, 0.5) is 5.69 Å². The van der Waals surface area contributed by atoms with Crippen LogP contribution >= 0.6 is 11.6 Å². The van der Waals surface area contributed by atoms with Gasteiger partial charge in [-0.15, -0.1) is 0 Å². The lowest BCUT2D eigenvalue weighted by atomic mass is 10.0. The van der Waals surface area contributed by atoms with Crippen LogP contribution in [0.5, 0.6) is 5.88 Å². The number of methoxy groups -OCH3 is 1. The summed E-state index contributed by atoms with van der Waals surface area (Å²) in [6.07, 6.45) is 2.94. The number of ether oxygens (including phenoxy) is 1. The van der Waals surface area contributed by atoms with Gasteiger partial charge in [0.1, 0.15) is 5.69 Å². The van der Waals surface area contributed by atoms with Crippen LogP contribution in [-0.4, -0.2) is 43.0 Å². The second kappa shape index (κ2) is 10.8. The number of nitrogens with one attached hydrogen (secondary N) is 2. The molecule has 0 aliphatic heterocycles. The molecule has 10 nitrogen and oxygen atoms in total. The summed E-state index contributed by atoms with van der Waals surface area (Å²) in [6, 6.07) is 11.1. The standard InChI is InChI=1S/C26H26ClN5O5S/c1-15-5-7-19(11-21(15)27)38(35,36)31-23-10-18(12-29-25(23)37-4)17-6-8-22-20(9-17)26(34)32(14-30-22)13-16(2)24(33)28-3/h5-12,14,16,31H,13H2,1-4H3,(H,28,33)/t16-/m1/s1. The summed E-state index contributed by atoms with van der Waals surface area (Å²) in [4.78, 5) is 33.7. The zero-order valence-corrected chi connectivity index (χ0v) is 22.7. The largest absolute Gasteiger partial charge is 0.480 e. The molecule has 0 saturated carbocycles. The molecule has 0 spiro atoms. The molecule has 0 radical (unpaired) electrons. The summed E-state index contributed by atoms with van der Waals surface area (Å²) < 4.78 is 35.3. The Hall–Kier alpha value is -3.96. The highest BCUT2D eigenvalue weighted by atomic mass is 35.5. The van der Waals surface area contributed by atoms with Gasteiger partial charge in [0.15, 0.2) is 0 Å². The van der Waals surface area contributed by atoms with Crippen LogP contribution in [0.3, 0.4) is 0 Å². The molecule has 1 amide bonds. The number of hydrogen-bond donors (Lipinski definition) is 2. The molecule has 0 aliphatic carbocycles. The van der Waals surface area contributed by atoms with Crippen LogP contribution in [0, 0.1) is 12.8 Å². The molecule has 2 aromatic heterocycles. The van der Waals surface area contributed by atoms with E-state index in [1.54, 1.807) is 51.2 Å². The van der Waals surface area contributed by atoms with Gasteiger partial charge in [0.2, 0.25) is 11.8 Å². The highest BCUT2D eigenvalue weighted by Crippen LogP contribution is 2.31. The van der Waals surface area contributed by atoms with Gasteiger partial charge in [-0.3, -0.25) is 18.9 Å². The minimum Gasteiger partial charge on any atom is -0.480 e. The second-order valence-corrected chi connectivity index (χ2v) is 10.8. The van der Waals surface area contributed by atoms with Crippen molar-refractivity contribution in [1.29, 1.82) is 0 Å². The number of nitrogens with zero attached hydrogens (tertiary/aromatic N) is 3. The van der Waals surface area contributed by atoms with Gasteiger partial charge in [-0.2, -0.15) is 0 Å². The molecule has 0 saturated heterocycles. The Morgan fingerprint density at radius 3 is 2.58 bits per heavy atom. The molecule has 2 aromatic carbocycles. The Labute approximate surface area is 224 Å². The number of rotatable bonds is 8. The highest BCUT2D eigenvalue weighted by Gasteiger charge is 2.20. The first-order valence-corrected chi connectivity index (χ1v) is 13.4. The van der Waals surface area contributed by atoms with Crippen LogP contribution in [0.2, 0.25) is 5.02 Å². The molecule has 12 heteroatoms. The fraction of sp³-hybridized carbons (Fsp3) is 0.231. The van der Waals surface area contributed by atoms with Gasteiger partial charge in [-0.1, -0.05) is 30.7 Å². The first-order chi connectivity index (χ1) is 18.0. The third-order valence-corrected chi connectivity index (χ3v) is 7.83. The van der Waals surface area contributed by atoms with Gasteiger partial charge < -0.3 is 10.1 Å². The number of carbonyl (C=O) groups is 1. The number of fused-ring (bicyclic) bond motifs is 1. The number of pyridine rings is 1. The van der Waals surface area contributed by atoms with Crippen molar-refractivity contribution in [2.45, 2.75) is 25.3 Å². The summed E-state index contributed by atoms with van der Waals surface area (Å²) in [5, 5.41) is 3.25. The molecule has 4 aromatic rings. The van der Waals surface area contributed by atoms with Crippen LogP contribution in [0.15, 0.2) is 64.7 Å². The van der Waals surface area contributed by atoms with E-state index in [1.165, 1.54) is 36.3 Å². The fourth-order valence-corrected chi connectivity index (χ4v) is 5.20. The van der Waals surface area contributed by atoms with E-state index < -0.39 is 15.9 Å². The van der Waals surface area contributed by atoms with Gasteiger partial charge in [0, 0.05) is 30.4 Å². The molecule has 2 heterocycles. The number of aromatic nitrogens is 3. The molecule has 2 N–H and O–H groups in total. The molecule has 0 bridgehead atoms. The van der Waals surface area contributed by atoms with Gasteiger partial charge in [0.25, 0.3) is 15.6 Å². The number of halogens is 1. The predicted molar refractivity (Wildman–Crippen MR) is 146 cm³/mol. The lowest BCUT2D eigenvalue weighted by molar-refractivity contribution is -0.124. The third kappa shape index (κ3) is 5.48. The van der Waals surface area contributed by atoms with Crippen molar-refractivity contribution >= 4 is 44.1 Å². The third-order valence-electron chi connectivity index (χ3n) is 6.06. The van der Waals surface area contributed by atoms with Crippen molar-refractivity contribution < 1.29 is 17.9 Å². The number of hydrogen-bond acceptors (Lipinski definition) is 7. The minimum absolute atomic E-state index is 0.0103. The van der Waals surface area contributed by atoms with Crippen molar-refractivity contribution in [2.75, 3.05) is 18.9 Å². The first kappa shape index (κ1) is 27.1. The van der Waals surface area contributed by atoms with E-state index in [-0.39, 0.29) is 34.5 Å². The number of carbonyl (C=O) groups excluding carboxylic acids is 1. The molecular formula is C26H26ClN5O5S. The maximum Gasteiger partial charge on any atom is 0.262 e. The first-order valence-electron chi connectivity index (χ1n) is 11.6. The van der Waals surface area contributed by atoms with Crippen molar-refractivity contribution in [3.63, 3.8) is 0 Å². The average Bonchev–Trinajstić information content (AvgIpc) is 2.90. The van der Waals surface area contributed by atoms with E-state index in [4.69, 9.17) is 16.3 Å². The van der Waals surface area contributed by atoms with E-state index >= 15 is 0 Å². The maximum absolute atomic E-state index is 13.2. The summed E-state index contributed by atoms with van der Waals surface area (Å²) in [5.41, 5.74) is 2.21. The van der Waals surface area contributed by atoms with Crippen molar-refractivity contribution in [3.05, 3.63) is 75.9 Å². The molecule has 38 heavy (non-hydrogen) atoms. The zero-order chi connectivity index (χ0) is 27.6. The Balaban J connectivity index is 1.73. The predicted octanol–water partition coefficient (Wildman–Crippen LogP) is 3.61. The van der Waals surface area contributed by atoms with E-state index in [0.29, 0.717) is 27.1 Å². The zero-order valence-electron chi connectivity index (χ0n) is 21.1. The Kier molecular flexibility index (Phi) is 7.70. The summed E-state index contributed by atoms with van der Waals surface area (Å²) in [6.45, 7) is 3.67. The van der Waals surface area contributed by atoms with Crippen LogP contribution in [-0.2, 0) is 21.4 Å². The van der Waals surface area contributed by atoms with Gasteiger partial charge in [-0.25, -0.2) is 18.4 Å². The Bertz CT molecular complexity index is 1700. The second-order valence-electron chi connectivity index (χ2n) is 8.75. The normalized spacial score (nSPS) is 12.2. The number of benzene rings is 2. The van der Waals surface area contributed by atoms with Crippen molar-refractivity contribution in [2.24, 2.45) is 5.92 Å². The smallest absolute Gasteiger partial charge is 0.262 e. The van der Waals surface area contributed by atoms with Crippen molar-refractivity contribution in [3.8, 4) is 17.0 Å². The molecule has 198 valence electrons. The highest BCUT2D eigenvalue weighted by molar-refractivity contribution is 7.92. The van der Waals surface area contributed by atoms with Gasteiger partial charge in [-0.05, 0) is 48.4 Å². The monoisotopic (exact) mass is 555 g/mol. The van der Waals surface area contributed by atoms with Crippen LogP contribution in [0.1, 0.15) is 12.5 Å². The SMILES string of the molecule is CNC(=O)[C@H](C)Cn1cnc2ccc(-c3cnc(OC)c(NS(=O)(=O)c4ccc(C)c(Cl)c4)c3)cc2c1=O. The number of aryl methyl sites for hydroxylation is 1. The number of sulfonamides is 1. The molecule has 0 fully saturated rings. The summed E-state index contributed by atoms with van der Waals surface area (Å²) in [5.74, 6) is -0.536. The maximum atomic E-state index is 13.2. The fourth-order valence-electron chi connectivity index (χ4n) is 3.88. The van der Waals surface area contributed by atoms with Gasteiger partial charge in [0.05, 0.1) is 35.2 Å².